The first kappa shape index (κ1) is 19.9. The summed E-state index contributed by atoms with van der Waals surface area (Å²) in [7, 11) is -4.04. The lowest BCUT2D eigenvalue weighted by Crippen LogP contribution is -2.30. The molecule has 2 N–H and O–H groups in total. The highest BCUT2D eigenvalue weighted by atomic mass is 35.5. The Balaban J connectivity index is 2.11. The summed E-state index contributed by atoms with van der Waals surface area (Å²) in [6.45, 7) is 2.50. The topological polar surface area (TPSA) is 93.7 Å². The van der Waals surface area contributed by atoms with Gasteiger partial charge >= 0.3 is 16.1 Å². The first-order chi connectivity index (χ1) is 12.5. The predicted molar refractivity (Wildman–Crippen MR) is 99.6 cm³/mol. The fraction of sp³-hybridized carbons (Fsp3) is 0.235. The van der Waals surface area contributed by atoms with Gasteiger partial charge in [0.25, 0.3) is 0 Å². The standard InChI is InChI=1S/C17H19ClN2O5S/c1-2-24-15-5-3-4-6-16(15)25-26(22,23)14-9-7-13(8-10-14)20-17(21)19-12-11-18/h3-10H,2,11-12H2,1H3,(H2,19,20,21). The molecule has 7 nitrogen and oxygen atoms in total. The third-order valence-electron chi connectivity index (χ3n) is 3.13. The van der Waals surface area contributed by atoms with E-state index in [0.29, 0.717) is 30.5 Å². The van der Waals surface area contributed by atoms with Gasteiger partial charge in [-0.2, -0.15) is 8.42 Å². The third-order valence-corrected chi connectivity index (χ3v) is 4.57. The van der Waals surface area contributed by atoms with Crippen LogP contribution < -0.4 is 19.6 Å². The van der Waals surface area contributed by atoms with Crippen molar-refractivity contribution in [3.63, 3.8) is 0 Å². The van der Waals surface area contributed by atoms with Gasteiger partial charge < -0.3 is 19.6 Å². The van der Waals surface area contributed by atoms with Gasteiger partial charge in [0.05, 0.1) is 6.61 Å². The summed E-state index contributed by atoms with van der Waals surface area (Å²) in [5.74, 6) is 0.746. The average molecular weight is 399 g/mol. The second-order valence-electron chi connectivity index (χ2n) is 5.01. The molecule has 0 aliphatic heterocycles. The van der Waals surface area contributed by atoms with Crippen molar-refractivity contribution in [3.05, 3.63) is 48.5 Å². The van der Waals surface area contributed by atoms with Crippen molar-refractivity contribution in [2.75, 3.05) is 24.3 Å². The number of para-hydroxylation sites is 2. The van der Waals surface area contributed by atoms with Crippen molar-refractivity contribution in [1.29, 1.82) is 0 Å². The molecule has 0 aromatic heterocycles. The number of halogens is 1. The molecule has 0 bridgehead atoms. The highest BCUT2D eigenvalue weighted by molar-refractivity contribution is 7.87. The van der Waals surface area contributed by atoms with Crippen LogP contribution in [0.15, 0.2) is 53.4 Å². The fourth-order valence-corrected chi connectivity index (χ4v) is 3.04. The molecular weight excluding hydrogens is 380 g/mol. The number of anilines is 1. The van der Waals surface area contributed by atoms with Gasteiger partial charge in [0.1, 0.15) is 4.90 Å². The Morgan fingerprint density at radius 1 is 1.08 bits per heavy atom. The number of hydrogen-bond acceptors (Lipinski definition) is 5. The molecular formula is C17H19ClN2O5S. The lowest BCUT2D eigenvalue weighted by Gasteiger charge is -2.12. The summed E-state index contributed by atoms with van der Waals surface area (Å²) in [5, 5.41) is 5.10. The maximum atomic E-state index is 12.4. The lowest BCUT2D eigenvalue weighted by molar-refractivity contribution is 0.252. The van der Waals surface area contributed by atoms with Crippen molar-refractivity contribution < 1.29 is 22.1 Å². The molecule has 140 valence electrons. The zero-order valence-electron chi connectivity index (χ0n) is 14.1. The summed E-state index contributed by atoms with van der Waals surface area (Å²) in [4.78, 5) is 11.5. The molecule has 0 aliphatic rings. The zero-order valence-corrected chi connectivity index (χ0v) is 15.6. The molecule has 0 spiro atoms. The van der Waals surface area contributed by atoms with E-state index in [9.17, 15) is 13.2 Å². The van der Waals surface area contributed by atoms with Crippen LogP contribution in [0.2, 0.25) is 0 Å². The second-order valence-corrected chi connectivity index (χ2v) is 6.94. The Morgan fingerprint density at radius 3 is 2.35 bits per heavy atom. The SMILES string of the molecule is CCOc1ccccc1OS(=O)(=O)c1ccc(NC(=O)NCCCl)cc1. The maximum absolute atomic E-state index is 12.4. The molecule has 2 aromatic rings. The molecule has 2 rings (SSSR count). The molecule has 2 amide bonds. The van der Waals surface area contributed by atoms with Crippen LogP contribution in [0, 0.1) is 0 Å². The molecule has 0 saturated heterocycles. The minimum Gasteiger partial charge on any atom is -0.490 e. The smallest absolute Gasteiger partial charge is 0.339 e. The predicted octanol–water partition coefficient (Wildman–Crippen LogP) is 3.21. The number of alkyl halides is 1. The number of carbonyl (C=O) groups excluding carboxylic acids is 1. The molecule has 0 fully saturated rings. The third kappa shape index (κ3) is 5.53. The largest absolute Gasteiger partial charge is 0.490 e. The minimum atomic E-state index is -4.04. The number of nitrogens with one attached hydrogen (secondary N) is 2. The van der Waals surface area contributed by atoms with E-state index >= 15 is 0 Å². The van der Waals surface area contributed by atoms with Crippen LogP contribution in [0.4, 0.5) is 10.5 Å². The minimum absolute atomic E-state index is 0.0458. The molecule has 2 aromatic carbocycles. The van der Waals surface area contributed by atoms with Gasteiger partial charge in [-0.3, -0.25) is 0 Å². The van der Waals surface area contributed by atoms with Crippen LogP contribution in [0.1, 0.15) is 6.92 Å². The van der Waals surface area contributed by atoms with E-state index in [1.807, 2.05) is 0 Å². The highest BCUT2D eigenvalue weighted by Crippen LogP contribution is 2.29. The molecule has 26 heavy (non-hydrogen) atoms. The molecule has 0 aliphatic carbocycles. The van der Waals surface area contributed by atoms with E-state index < -0.39 is 16.1 Å². The van der Waals surface area contributed by atoms with Crippen molar-refractivity contribution in [2.45, 2.75) is 11.8 Å². The van der Waals surface area contributed by atoms with Gasteiger partial charge in [-0.25, -0.2) is 4.79 Å². The van der Waals surface area contributed by atoms with Crippen molar-refractivity contribution >= 4 is 33.4 Å². The maximum Gasteiger partial charge on any atom is 0.339 e. The zero-order chi connectivity index (χ0) is 19.0. The summed E-state index contributed by atoms with van der Waals surface area (Å²) in [6, 6.07) is 11.7. The van der Waals surface area contributed by atoms with Crippen molar-refractivity contribution in [3.8, 4) is 11.5 Å². The number of urea groups is 1. The lowest BCUT2D eigenvalue weighted by atomic mass is 10.3. The molecule has 0 radical (unpaired) electrons. The van der Waals surface area contributed by atoms with Gasteiger partial charge in [-0.1, -0.05) is 12.1 Å². The van der Waals surface area contributed by atoms with Crippen LogP contribution in [0.25, 0.3) is 0 Å². The van der Waals surface area contributed by atoms with Gasteiger partial charge in [0, 0.05) is 18.1 Å². The molecule has 0 saturated carbocycles. The van der Waals surface area contributed by atoms with Crippen molar-refractivity contribution in [1.82, 2.24) is 5.32 Å². The van der Waals surface area contributed by atoms with E-state index in [4.69, 9.17) is 20.5 Å². The van der Waals surface area contributed by atoms with Gasteiger partial charge in [0.2, 0.25) is 0 Å². The van der Waals surface area contributed by atoms with E-state index in [1.54, 1.807) is 25.1 Å². The number of benzene rings is 2. The number of carbonyl (C=O) groups is 1. The summed E-state index contributed by atoms with van der Waals surface area (Å²) in [6.07, 6.45) is 0. The number of ether oxygens (including phenoxy) is 1. The van der Waals surface area contributed by atoms with E-state index in [1.165, 1.54) is 30.3 Å². The van der Waals surface area contributed by atoms with Gasteiger partial charge in [-0.05, 0) is 43.3 Å². The van der Waals surface area contributed by atoms with Gasteiger partial charge in [-0.15, -0.1) is 11.6 Å². The number of hydrogen-bond donors (Lipinski definition) is 2. The molecule has 0 unspecified atom stereocenters. The summed E-state index contributed by atoms with van der Waals surface area (Å²) < 4.78 is 35.4. The van der Waals surface area contributed by atoms with E-state index in [-0.39, 0.29) is 10.6 Å². The monoisotopic (exact) mass is 398 g/mol. The molecule has 9 heteroatoms. The second kappa shape index (κ2) is 9.30. The van der Waals surface area contributed by atoms with Crippen LogP contribution in [0.3, 0.4) is 0 Å². The fourth-order valence-electron chi connectivity index (χ4n) is 2.00. The first-order valence-electron chi connectivity index (χ1n) is 7.83. The summed E-state index contributed by atoms with van der Waals surface area (Å²) in [5.41, 5.74) is 0.436. The molecule has 0 heterocycles. The van der Waals surface area contributed by atoms with Crippen molar-refractivity contribution in [2.24, 2.45) is 0 Å². The van der Waals surface area contributed by atoms with E-state index in [0.717, 1.165) is 0 Å². The average Bonchev–Trinajstić information content (AvgIpc) is 2.62. The summed E-state index contributed by atoms with van der Waals surface area (Å²) >= 11 is 5.48. The van der Waals surface area contributed by atoms with Crippen LogP contribution in [0.5, 0.6) is 11.5 Å². The van der Waals surface area contributed by atoms with Crippen LogP contribution in [-0.4, -0.2) is 33.5 Å². The molecule has 0 atom stereocenters. The Kier molecular flexibility index (Phi) is 7.11. The first-order valence-corrected chi connectivity index (χ1v) is 9.77. The Bertz CT molecular complexity index is 840. The van der Waals surface area contributed by atoms with Crippen LogP contribution >= 0.6 is 11.6 Å². The Hall–Kier alpha value is -2.45. The van der Waals surface area contributed by atoms with Crippen LogP contribution in [-0.2, 0) is 10.1 Å². The Labute approximate surface area is 157 Å². The van der Waals surface area contributed by atoms with Gasteiger partial charge in [0.15, 0.2) is 11.5 Å². The normalized spacial score (nSPS) is 10.8. The quantitative estimate of drug-likeness (QED) is 0.526. The number of rotatable bonds is 8. The number of amides is 2. The highest BCUT2D eigenvalue weighted by Gasteiger charge is 2.19. The Morgan fingerprint density at radius 2 is 1.73 bits per heavy atom. The van der Waals surface area contributed by atoms with E-state index in [2.05, 4.69) is 10.6 Å².